The lowest BCUT2D eigenvalue weighted by molar-refractivity contribution is 0.0386. The highest BCUT2D eigenvalue weighted by molar-refractivity contribution is 6.30. The minimum atomic E-state index is -0.485. The van der Waals surface area contributed by atoms with Gasteiger partial charge in [-0.3, -0.25) is 0 Å². The summed E-state index contributed by atoms with van der Waals surface area (Å²) in [7, 11) is 0. The van der Waals surface area contributed by atoms with Gasteiger partial charge < -0.3 is 10.1 Å². The zero-order valence-corrected chi connectivity index (χ0v) is 11.6. The van der Waals surface area contributed by atoms with Crippen LogP contribution in [0.25, 0.3) is 0 Å². The number of carbonyl (C=O) groups excluding carboxylic acids is 1. The van der Waals surface area contributed by atoms with Crippen LogP contribution in [0.4, 0.5) is 9.18 Å². The van der Waals surface area contributed by atoms with Gasteiger partial charge in [0.2, 0.25) is 0 Å². The Hall–Kier alpha value is -1.00. The van der Waals surface area contributed by atoms with Crippen molar-refractivity contribution >= 4 is 30.1 Å². The Morgan fingerprint density at radius 3 is 2.78 bits per heavy atom. The molecule has 0 aliphatic carbocycles. The van der Waals surface area contributed by atoms with Crippen LogP contribution in [0.15, 0.2) is 18.2 Å². The number of carbonyl (C=O) groups is 1. The van der Waals surface area contributed by atoms with E-state index in [1.54, 1.807) is 6.07 Å². The number of hydrogen-bond acceptors (Lipinski definition) is 2. The summed E-state index contributed by atoms with van der Waals surface area (Å²) < 4.78 is 18.3. The number of ether oxygens (including phenoxy) is 1. The molecule has 0 bridgehead atoms. The van der Waals surface area contributed by atoms with Gasteiger partial charge in [0, 0.05) is 5.41 Å². The Balaban J connectivity index is 0.00000162. The molecule has 100 valence electrons. The third kappa shape index (κ3) is 2.87. The van der Waals surface area contributed by atoms with Crippen molar-refractivity contribution < 1.29 is 13.9 Å². The molecule has 18 heavy (non-hydrogen) atoms. The normalized spacial score (nSPS) is 21.6. The molecule has 1 fully saturated rings. The molecule has 0 spiro atoms. The van der Waals surface area contributed by atoms with Gasteiger partial charge in [0.15, 0.2) is 0 Å². The van der Waals surface area contributed by atoms with Gasteiger partial charge in [-0.1, -0.05) is 31.5 Å². The van der Waals surface area contributed by atoms with Gasteiger partial charge in [0.05, 0.1) is 11.1 Å². The number of halogens is 3. The maximum atomic E-state index is 13.4. The van der Waals surface area contributed by atoms with Crippen LogP contribution in [-0.2, 0) is 4.74 Å². The van der Waals surface area contributed by atoms with Crippen LogP contribution in [-0.4, -0.2) is 12.7 Å². The predicted molar refractivity (Wildman–Crippen MR) is 69.7 cm³/mol. The maximum absolute atomic E-state index is 13.4. The number of amides is 1. The summed E-state index contributed by atoms with van der Waals surface area (Å²) in [5.41, 5.74) is 0.391. The first-order valence-corrected chi connectivity index (χ1v) is 5.66. The molecule has 6 heteroatoms. The minimum Gasteiger partial charge on any atom is -0.449 e. The fourth-order valence-electron chi connectivity index (χ4n) is 1.92. The molecule has 1 aromatic rings. The van der Waals surface area contributed by atoms with Gasteiger partial charge in [-0.2, -0.15) is 0 Å². The standard InChI is InChI=1S/C12H13ClFNO2.ClH/c1-12(2)6-17-11(16)15-10(12)7-3-4-8(13)9(14)5-7;/h3-5,10H,6H2,1-2H3,(H,15,16);1H/t10-;/m0./s1. The lowest BCUT2D eigenvalue weighted by Crippen LogP contribution is -2.46. The summed E-state index contributed by atoms with van der Waals surface area (Å²) in [5, 5.41) is 2.77. The molecule has 1 N–H and O–H groups in total. The highest BCUT2D eigenvalue weighted by Crippen LogP contribution is 2.37. The van der Waals surface area contributed by atoms with Crippen LogP contribution in [0.3, 0.4) is 0 Å². The van der Waals surface area contributed by atoms with Crippen molar-refractivity contribution in [1.29, 1.82) is 0 Å². The van der Waals surface area contributed by atoms with E-state index in [2.05, 4.69) is 5.32 Å². The molecule has 1 atom stereocenters. The fraction of sp³-hybridized carbons (Fsp3) is 0.417. The topological polar surface area (TPSA) is 38.3 Å². The summed E-state index contributed by atoms with van der Waals surface area (Å²) >= 11 is 5.63. The molecular weight excluding hydrogens is 280 g/mol. The number of alkyl carbamates (subject to hydrolysis) is 1. The second-order valence-electron chi connectivity index (χ2n) is 4.82. The van der Waals surface area contributed by atoms with Gasteiger partial charge in [-0.15, -0.1) is 12.4 Å². The van der Waals surface area contributed by atoms with E-state index in [0.29, 0.717) is 12.2 Å². The van der Waals surface area contributed by atoms with Crippen LogP contribution in [0.2, 0.25) is 5.02 Å². The van der Waals surface area contributed by atoms with E-state index in [4.69, 9.17) is 16.3 Å². The van der Waals surface area contributed by atoms with E-state index >= 15 is 0 Å². The molecule has 1 heterocycles. The van der Waals surface area contributed by atoms with Crippen molar-refractivity contribution in [3.8, 4) is 0 Å². The molecule has 0 saturated carbocycles. The van der Waals surface area contributed by atoms with Crippen molar-refractivity contribution in [2.75, 3.05) is 6.61 Å². The van der Waals surface area contributed by atoms with Crippen LogP contribution in [0, 0.1) is 11.2 Å². The number of benzene rings is 1. The first-order chi connectivity index (χ1) is 7.90. The van der Waals surface area contributed by atoms with Crippen LogP contribution in [0.1, 0.15) is 25.5 Å². The molecule has 1 amide bonds. The Kier molecular flexibility index (Phi) is 4.46. The first-order valence-electron chi connectivity index (χ1n) is 5.28. The molecular formula is C12H14Cl2FNO2. The Bertz CT molecular complexity index is 465. The van der Waals surface area contributed by atoms with Crippen molar-refractivity contribution in [3.05, 3.63) is 34.6 Å². The maximum Gasteiger partial charge on any atom is 0.407 e. The summed E-state index contributed by atoms with van der Waals surface area (Å²) in [4.78, 5) is 11.2. The smallest absolute Gasteiger partial charge is 0.407 e. The zero-order chi connectivity index (χ0) is 12.6. The Labute approximate surface area is 116 Å². The molecule has 1 aliphatic heterocycles. The highest BCUT2D eigenvalue weighted by Gasteiger charge is 2.38. The third-order valence-electron chi connectivity index (χ3n) is 2.90. The molecule has 1 aromatic carbocycles. The summed E-state index contributed by atoms with van der Waals surface area (Å²) in [6, 6.07) is 4.27. The van der Waals surface area contributed by atoms with E-state index in [0.717, 1.165) is 0 Å². The summed E-state index contributed by atoms with van der Waals surface area (Å²) in [6.07, 6.45) is -0.482. The quantitative estimate of drug-likeness (QED) is 0.857. The number of rotatable bonds is 1. The van der Waals surface area contributed by atoms with Crippen LogP contribution < -0.4 is 5.32 Å². The fourth-order valence-corrected chi connectivity index (χ4v) is 2.03. The van der Waals surface area contributed by atoms with Crippen LogP contribution >= 0.6 is 24.0 Å². The van der Waals surface area contributed by atoms with Crippen molar-refractivity contribution in [2.24, 2.45) is 5.41 Å². The molecule has 0 radical (unpaired) electrons. The molecule has 2 rings (SSSR count). The molecule has 3 nitrogen and oxygen atoms in total. The first kappa shape index (κ1) is 15.1. The average molecular weight is 294 g/mol. The van der Waals surface area contributed by atoms with Gasteiger partial charge in [0.25, 0.3) is 0 Å². The zero-order valence-electron chi connectivity index (χ0n) is 10.00. The van der Waals surface area contributed by atoms with E-state index in [-0.39, 0.29) is 28.9 Å². The van der Waals surface area contributed by atoms with Crippen LogP contribution in [0.5, 0.6) is 0 Å². The van der Waals surface area contributed by atoms with Gasteiger partial charge in [-0.05, 0) is 17.7 Å². The Morgan fingerprint density at radius 1 is 1.50 bits per heavy atom. The SMILES string of the molecule is CC1(C)COC(=O)N[C@H]1c1ccc(Cl)c(F)c1.Cl. The minimum absolute atomic E-state index is 0. The van der Waals surface area contributed by atoms with Gasteiger partial charge >= 0.3 is 6.09 Å². The van der Waals surface area contributed by atoms with E-state index in [1.165, 1.54) is 12.1 Å². The van der Waals surface area contributed by atoms with Gasteiger partial charge in [-0.25, -0.2) is 9.18 Å². The lowest BCUT2D eigenvalue weighted by Gasteiger charge is -2.38. The molecule has 0 aromatic heterocycles. The van der Waals surface area contributed by atoms with Crippen molar-refractivity contribution in [1.82, 2.24) is 5.32 Å². The van der Waals surface area contributed by atoms with Crippen molar-refractivity contribution in [2.45, 2.75) is 19.9 Å². The highest BCUT2D eigenvalue weighted by atomic mass is 35.5. The molecule has 1 saturated heterocycles. The summed E-state index contributed by atoms with van der Waals surface area (Å²) in [5.74, 6) is -0.485. The van der Waals surface area contributed by atoms with E-state index in [1.807, 2.05) is 13.8 Å². The average Bonchev–Trinajstić information content (AvgIpc) is 2.26. The molecule has 0 unspecified atom stereocenters. The van der Waals surface area contributed by atoms with E-state index < -0.39 is 11.9 Å². The largest absolute Gasteiger partial charge is 0.449 e. The predicted octanol–water partition coefficient (Wildman–Crippen LogP) is 3.71. The molecule has 1 aliphatic rings. The Morgan fingerprint density at radius 2 is 2.17 bits per heavy atom. The number of hydrogen-bond donors (Lipinski definition) is 1. The van der Waals surface area contributed by atoms with Gasteiger partial charge in [0.1, 0.15) is 12.4 Å². The monoisotopic (exact) mass is 293 g/mol. The third-order valence-corrected chi connectivity index (χ3v) is 3.20. The van der Waals surface area contributed by atoms with Crippen molar-refractivity contribution in [3.63, 3.8) is 0 Å². The van der Waals surface area contributed by atoms with E-state index in [9.17, 15) is 9.18 Å². The number of cyclic esters (lactones) is 1. The second-order valence-corrected chi connectivity index (χ2v) is 5.22. The lowest BCUT2D eigenvalue weighted by atomic mass is 9.80. The summed E-state index contributed by atoms with van der Waals surface area (Å²) in [6.45, 7) is 4.20. The number of nitrogens with one attached hydrogen (secondary N) is 1. The second kappa shape index (κ2) is 5.33.